The van der Waals surface area contributed by atoms with Gasteiger partial charge in [0, 0.05) is 5.56 Å². The van der Waals surface area contributed by atoms with Crippen molar-refractivity contribution in [3.63, 3.8) is 0 Å². The van der Waals surface area contributed by atoms with Crippen LogP contribution in [0.3, 0.4) is 0 Å². The summed E-state index contributed by atoms with van der Waals surface area (Å²) in [5.74, 6) is -1.72. The lowest BCUT2D eigenvalue weighted by Gasteiger charge is -2.13. The van der Waals surface area contributed by atoms with Gasteiger partial charge in [-0.1, -0.05) is 24.3 Å². The molecule has 2 aromatic rings. The van der Waals surface area contributed by atoms with E-state index < -0.39 is 29.9 Å². The third kappa shape index (κ3) is 3.68. The average Bonchev–Trinajstić information content (AvgIpc) is 2.36. The van der Waals surface area contributed by atoms with Crippen LogP contribution < -0.4 is 4.74 Å². The SMILES string of the molecule is Fc1cc(-c2ccccc2OC(F)(F)F)ccc1C(F)F. The van der Waals surface area contributed by atoms with E-state index in [-0.39, 0.29) is 11.1 Å². The number of benzene rings is 2. The van der Waals surface area contributed by atoms with Crippen LogP contribution in [0.2, 0.25) is 0 Å². The molecular weight excluding hydrogens is 298 g/mol. The zero-order chi connectivity index (χ0) is 15.6. The Balaban J connectivity index is 2.45. The normalized spacial score (nSPS) is 11.8. The Labute approximate surface area is 115 Å². The number of ether oxygens (including phenoxy) is 1. The van der Waals surface area contributed by atoms with Crippen LogP contribution in [0.25, 0.3) is 11.1 Å². The minimum atomic E-state index is -4.91. The van der Waals surface area contributed by atoms with Crippen molar-refractivity contribution < 1.29 is 31.1 Å². The molecule has 0 saturated heterocycles. The first-order valence-electron chi connectivity index (χ1n) is 5.70. The summed E-state index contributed by atoms with van der Waals surface area (Å²) >= 11 is 0. The van der Waals surface area contributed by atoms with Crippen molar-refractivity contribution in [1.82, 2.24) is 0 Å². The van der Waals surface area contributed by atoms with E-state index in [9.17, 15) is 26.3 Å². The molecule has 0 aliphatic heterocycles. The van der Waals surface area contributed by atoms with Crippen molar-refractivity contribution in [2.24, 2.45) is 0 Å². The van der Waals surface area contributed by atoms with E-state index in [0.29, 0.717) is 0 Å². The molecule has 0 heterocycles. The maximum atomic E-state index is 13.5. The zero-order valence-electron chi connectivity index (χ0n) is 10.3. The summed E-state index contributed by atoms with van der Waals surface area (Å²) in [6, 6.07) is 7.77. The lowest BCUT2D eigenvalue weighted by molar-refractivity contribution is -0.274. The largest absolute Gasteiger partial charge is 0.573 e. The third-order valence-electron chi connectivity index (χ3n) is 2.66. The lowest BCUT2D eigenvalue weighted by atomic mass is 10.0. The fraction of sp³-hybridized carbons (Fsp3) is 0.143. The molecule has 21 heavy (non-hydrogen) atoms. The fourth-order valence-electron chi connectivity index (χ4n) is 1.79. The Morgan fingerprint density at radius 1 is 0.952 bits per heavy atom. The summed E-state index contributed by atoms with van der Waals surface area (Å²) in [7, 11) is 0. The topological polar surface area (TPSA) is 9.23 Å². The van der Waals surface area contributed by atoms with Crippen molar-refractivity contribution in [3.05, 3.63) is 53.8 Å². The van der Waals surface area contributed by atoms with E-state index in [1.54, 1.807) is 0 Å². The van der Waals surface area contributed by atoms with Gasteiger partial charge in [-0.15, -0.1) is 13.2 Å². The van der Waals surface area contributed by atoms with Gasteiger partial charge in [-0.05, 0) is 23.8 Å². The second-order valence-corrected chi connectivity index (χ2v) is 4.08. The molecule has 112 valence electrons. The highest BCUT2D eigenvalue weighted by Gasteiger charge is 2.32. The van der Waals surface area contributed by atoms with Crippen LogP contribution in [0, 0.1) is 5.82 Å². The fourth-order valence-corrected chi connectivity index (χ4v) is 1.79. The minimum Gasteiger partial charge on any atom is -0.405 e. The molecular formula is C14H8F6O. The Hall–Kier alpha value is -2.18. The molecule has 0 aromatic heterocycles. The Bertz CT molecular complexity index is 636. The van der Waals surface area contributed by atoms with Gasteiger partial charge in [0.1, 0.15) is 11.6 Å². The molecule has 0 amide bonds. The number of rotatable bonds is 3. The molecule has 0 atom stereocenters. The van der Waals surface area contributed by atoms with Crippen molar-refractivity contribution in [1.29, 1.82) is 0 Å². The molecule has 0 aliphatic rings. The van der Waals surface area contributed by atoms with Crippen LogP contribution >= 0.6 is 0 Å². The first-order chi connectivity index (χ1) is 9.78. The second-order valence-electron chi connectivity index (χ2n) is 4.08. The lowest BCUT2D eigenvalue weighted by Crippen LogP contribution is -2.17. The van der Waals surface area contributed by atoms with Crippen LogP contribution in [0.1, 0.15) is 12.0 Å². The highest BCUT2D eigenvalue weighted by molar-refractivity contribution is 5.70. The van der Waals surface area contributed by atoms with E-state index >= 15 is 0 Å². The van der Waals surface area contributed by atoms with Crippen LogP contribution in [0.15, 0.2) is 42.5 Å². The standard InChI is InChI=1S/C14H8F6O/c15-11-7-8(5-6-10(11)13(16)17)9-3-1-2-4-12(9)21-14(18,19)20/h1-7,13H. The van der Waals surface area contributed by atoms with E-state index in [1.165, 1.54) is 18.2 Å². The predicted molar refractivity (Wildman–Crippen MR) is 63.5 cm³/mol. The molecule has 1 nitrogen and oxygen atoms in total. The maximum absolute atomic E-state index is 13.5. The average molecular weight is 306 g/mol. The second kappa shape index (κ2) is 5.67. The van der Waals surface area contributed by atoms with Gasteiger partial charge in [0.15, 0.2) is 0 Å². The summed E-state index contributed by atoms with van der Waals surface area (Å²) < 4.78 is 79.1. The summed E-state index contributed by atoms with van der Waals surface area (Å²) in [4.78, 5) is 0. The Morgan fingerprint density at radius 2 is 1.62 bits per heavy atom. The van der Waals surface area contributed by atoms with Gasteiger partial charge in [-0.3, -0.25) is 0 Å². The van der Waals surface area contributed by atoms with Gasteiger partial charge in [0.05, 0.1) is 5.56 Å². The van der Waals surface area contributed by atoms with Crippen molar-refractivity contribution in [3.8, 4) is 16.9 Å². The molecule has 0 spiro atoms. The summed E-state index contributed by atoms with van der Waals surface area (Å²) in [5, 5.41) is 0. The van der Waals surface area contributed by atoms with E-state index in [1.807, 2.05) is 0 Å². The molecule has 2 rings (SSSR count). The number of halogens is 6. The van der Waals surface area contributed by atoms with Crippen molar-refractivity contribution in [2.45, 2.75) is 12.8 Å². The van der Waals surface area contributed by atoms with E-state index in [2.05, 4.69) is 4.74 Å². The number of alkyl halides is 5. The molecule has 0 saturated carbocycles. The van der Waals surface area contributed by atoms with E-state index in [4.69, 9.17) is 0 Å². The molecule has 0 unspecified atom stereocenters. The molecule has 0 N–H and O–H groups in total. The molecule has 0 aliphatic carbocycles. The van der Waals surface area contributed by atoms with Gasteiger partial charge >= 0.3 is 6.36 Å². The first-order valence-corrected chi connectivity index (χ1v) is 5.70. The zero-order valence-corrected chi connectivity index (χ0v) is 10.3. The highest BCUT2D eigenvalue weighted by Crippen LogP contribution is 2.35. The van der Waals surface area contributed by atoms with Gasteiger partial charge < -0.3 is 4.74 Å². The molecule has 0 bridgehead atoms. The monoisotopic (exact) mass is 306 g/mol. The quantitative estimate of drug-likeness (QED) is 0.696. The van der Waals surface area contributed by atoms with Crippen LogP contribution in [-0.4, -0.2) is 6.36 Å². The first kappa shape index (κ1) is 15.2. The summed E-state index contributed by atoms with van der Waals surface area (Å²) in [6.07, 6.45) is -7.90. The summed E-state index contributed by atoms with van der Waals surface area (Å²) in [6.45, 7) is 0. The van der Waals surface area contributed by atoms with Gasteiger partial charge in [-0.2, -0.15) is 0 Å². The number of hydrogen-bond acceptors (Lipinski definition) is 1. The Morgan fingerprint density at radius 3 is 2.19 bits per heavy atom. The van der Waals surface area contributed by atoms with Crippen molar-refractivity contribution >= 4 is 0 Å². The van der Waals surface area contributed by atoms with Crippen LogP contribution in [0.5, 0.6) is 5.75 Å². The smallest absolute Gasteiger partial charge is 0.405 e. The molecule has 7 heteroatoms. The minimum absolute atomic E-state index is 0.0109. The Kier molecular flexibility index (Phi) is 4.11. The van der Waals surface area contributed by atoms with Gasteiger partial charge in [0.25, 0.3) is 6.43 Å². The maximum Gasteiger partial charge on any atom is 0.573 e. The van der Waals surface area contributed by atoms with Crippen LogP contribution in [0.4, 0.5) is 26.3 Å². The number of para-hydroxylation sites is 1. The van der Waals surface area contributed by atoms with Gasteiger partial charge in [0.2, 0.25) is 0 Å². The van der Waals surface area contributed by atoms with E-state index in [0.717, 1.165) is 24.3 Å². The summed E-state index contributed by atoms with van der Waals surface area (Å²) in [5.41, 5.74) is -0.848. The van der Waals surface area contributed by atoms with Gasteiger partial charge in [-0.25, -0.2) is 13.2 Å². The molecule has 2 aromatic carbocycles. The van der Waals surface area contributed by atoms with Crippen molar-refractivity contribution in [2.75, 3.05) is 0 Å². The van der Waals surface area contributed by atoms with Crippen LogP contribution in [-0.2, 0) is 0 Å². The third-order valence-corrected chi connectivity index (χ3v) is 2.66. The predicted octanol–water partition coefficient (Wildman–Crippen LogP) is 5.33. The number of hydrogen-bond donors (Lipinski definition) is 0. The highest BCUT2D eigenvalue weighted by atomic mass is 19.4. The molecule has 0 radical (unpaired) electrons. The molecule has 0 fully saturated rings.